The largest absolute Gasteiger partial charge is 0.495 e. The predicted molar refractivity (Wildman–Crippen MR) is 109 cm³/mol. The predicted octanol–water partition coefficient (Wildman–Crippen LogP) is 3.86. The number of hydrogen-bond acceptors (Lipinski definition) is 7. The van der Waals surface area contributed by atoms with Crippen molar-refractivity contribution >= 4 is 43.6 Å². The summed E-state index contributed by atoms with van der Waals surface area (Å²) in [4.78, 5) is 22.4. The number of carbonyl (C=O) groups excluding carboxylic acids is 1. The van der Waals surface area contributed by atoms with Crippen molar-refractivity contribution in [1.29, 1.82) is 0 Å². The first-order chi connectivity index (χ1) is 14.2. The molecule has 9 nitrogen and oxygen atoms in total. The molecule has 2 aromatic carbocycles. The third-order valence-electron chi connectivity index (χ3n) is 3.82. The number of nitro groups is 1. The van der Waals surface area contributed by atoms with E-state index in [2.05, 4.69) is 10.0 Å². The van der Waals surface area contributed by atoms with Gasteiger partial charge in [-0.15, -0.1) is 0 Å². The van der Waals surface area contributed by atoms with Crippen molar-refractivity contribution < 1.29 is 27.3 Å². The number of sulfonamides is 1. The lowest BCUT2D eigenvalue weighted by Crippen LogP contribution is -2.15. The smallest absolute Gasteiger partial charge is 0.324 e. The molecule has 0 radical (unpaired) electrons. The maximum atomic E-state index is 13.1. The van der Waals surface area contributed by atoms with Crippen molar-refractivity contribution in [2.24, 2.45) is 0 Å². The standard InChI is InChI=1S/C18H14FN3O6S2/c1-28-15-7-4-12(20-18(23)16-8-9-17(29-16)22(24)25)10-14(15)21-30(26,27)13-5-2-11(19)3-6-13/h2-10,21H,1H3,(H,20,23). The number of halogens is 1. The lowest BCUT2D eigenvalue weighted by molar-refractivity contribution is -0.380. The van der Waals surface area contributed by atoms with Crippen molar-refractivity contribution in [2.45, 2.75) is 4.90 Å². The van der Waals surface area contributed by atoms with Crippen LogP contribution in [0, 0.1) is 15.9 Å². The molecule has 3 rings (SSSR count). The molecule has 1 heterocycles. The average Bonchev–Trinajstić information content (AvgIpc) is 3.19. The number of amides is 1. The van der Waals surface area contributed by atoms with Crippen LogP contribution in [0.5, 0.6) is 5.75 Å². The Morgan fingerprint density at radius 2 is 1.83 bits per heavy atom. The van der Waals surface area contributed by atoms with Crippen molar-refractivity contribution in [3.05, 3.63) is 75.4 Å². The Morgan fingerprint density at radius 3 is 2.43 bits per heavy atom. The second kappa shape index (κ2) is 8.47. The van der Waals surface area contributed by atoms with Crippen LogP contribution in [-0.2, 0) is 10.0 Å². The Kier molecular flexibility index (Phi) is 5.99. The van der Waals surface area contributed by atoms with E-state index in [1.165, 1.54) is 37.4 Å². The van der Waals surface area contributed by atoms with Gasteiger partial charge in [0.05, 0.1) is 27.5 Å². The van der Waals surface area contributed by atoms with Crippen molar-refractivity contribution in [3.8, 4) is 5.75 Å². The Morgan fingerprint density at radius 1 is 1.13 bits per heavy atom. The average molecular weight is 451 g/mol. The SMILES string of the molecule is COc1ccc(NC(=O)c2ccc([N+](=O)[O-])s2)cc1NS(=O)(=O)c1ccc(F)cc1. The minimum atomic E-state index is -4.05. The summed E-state index contributed by atoms with van der Waals surface area (Å²) in [5.41, 5.74) is 0.269. The number of nitrogens with zero attached hydrogens (tertiary/aromatic N) is 1. The first kappa shape index (κ1) is 21.2. The van der Waals surface area contributed by atoms with E-state index >= 15 is 0 Å². The lowest BCUT2D eigenvalue weighted by Gasteiger charge is -2.14. The number of rotatable bonds is 7. The van der Waals surface area contributed by atoms with E-state index in [9.17, 15) is 27.7 Å². The van der Waals surface area contributed by atoms with Crippen molar-refractivity contribution in [1.82, 2.24) is 0 Å². The molecule has 0 unspecified atom stereocenters. The highest BCUT2D eigenvalue weighted by atomic mass is 32.2. The minimum absolute atomic E-state index is 0.0387. The van der Waals surface area contributed by atoms with Gasteiger partial charge in [0.15, 0.2) is 0 Å². The monoisotopic (exact) mass is 451 g/mol. The van der Waals surface area contributed by atoms with Crippen LogP contribution in [-0.4, -0.2) is 26.4 Å². The van der Waals surface area contributed by atoms with E-state index in [4.69, 9.17) is 4.74 Å². The molecule has 0 fully saturated rings. The van der Waals surface area contributed by atoms with E-state index in [0.717, 1.165) is 24.3 Å². The molecule has 0 saturated heterocycles. The first-order valence-corrected chi connectivity index (χ1v) is 10.5. The van der Waals surface area contributed by atoms with Gasteiger partial charge in [-0.2, -0.15) is 0 Å². The molecular formula is C18H14FN3O6S2. The molecule has 1 amide bonds. The van der Waals surface area contributed by atoms with E-state index < -0.39 is 26.7 Å². The second-order valence-corrected chi connectivity index (χ2v) is 8.57. The van der Waals surface area contributed by atoms with Crippen LogP contribution in [0.15, 0.2) is 59.5 Å². The molecular weight excluding hydrogens is 437 g/mol. The molecule has 3 aromatic rings. The van der Waals surface area contributed by atoms with Crippen molar-refractivity contribution in [3.63, 3.8) is 0 Å². The highest BCUT2D eigenvalue weighted by Gasteiger charge is 2.19. The van der Waals surface area contributed by atoms with Crippen LogP contribution in [0.3, 0.4) is 0 Å². The van der Waals surface area contributed by atoms with Crippen LogP contribution in [0.25, 0.3) is 0 Å². The number of ether oxygens (including phenoxy) is 1. The number of anilines is 2. The van der Waals surface area contributed by atoms with Gasteiger partial charge in [-0.05, 0) is 48.5 Å². The van der Waals surface area contributed by atoms with Crippen LogP contribution < -0.4 is 14.8 Å². The molecule has 0 aliphatic heterocycles. The molecule has 0 bridgehead atoms. The summed E-state index contributed by atoms with van der Waals surface area (Å²) >= 11 is 0.711. The molecule has 0 aliphatic rings. The number of nitrogens with one attached hydrogen (secondary N) is 2. The van der Waals surface area contributed by atoms with Crippen molar-refractivity contribution in [2.75, 3.05) is 17.1 Å². The fraction of sp³-hybridized carbons (Fsp3) is 0.0556. The minimum Gasteiger partial charge on any atom is -0.495 e. The van der Waals surface area contributed by atoms with Crippen LogP contribution in [0.4, 0.5) is 20.8 Å². The fourth-order valence-electron chi connectivity index (χ4n) is 2.42. The summed E-state index contributed by atoms with van der Waals surface area (Å²) in [5.74, 6) is -0.985. The number of benzene rings is 2. The van der Waals surface area contributed by atoms with E-state index in [0.29, 0.717) is 11.3 Å². The van der Waals surface area contributed by atoms with Gasteiger partial charge in [0.1, 0.15) is 11.6 Å². The number of thiophene rings is 1. The molecule has 156 valence electrons. The molecule has 30 heavy (non-hydrogen) atoms. The summed E-state index contributed by atoms with van der Waals surface area (Å²) in [6.45, 7) is 0. The van der Waals surface area contributed by atoms with E-state index in [1.54, 1.807) is 0 Å². The highest BCUT2D eigenvalue weighted by Crippen LogP contribution is 2.31. The molecule has 0 atom stereocenters. The molecule has 2 N–H and O–H groups in total. The number of carbonyl (C=O) groups is 1. The summed E-state index contributed by atoms with van der Waals surface area (Å²) in [7, 11) is -2.71. The number of hydrogen-bond donors (Lipinski definition) is 2. The van der Waals surface area contributed by atoms with Gasteiger partial charge in [0.2, 0.25) is 0 Å². The zero-order chi connectivity index (χ0) is 21.9. The molecule has 12 heteroatoms. The zero-order valence-electron chi connectivity index (χ0n) is 15.3. The summed E-state index contributed by atoms with van der Waals surface area (Å²) in [5, 5.41) is 13.1. The molecule has 1 aromatic heterocycles. The number of methoxy groups -OCH3 is 1. The van der Waals surface area contributed by atoms with Gasteiger partial charge >= 0.3 is 5.00 Å². The molecule has 0 aliphatic carbocycles. The van der Waals surface area contributed by atoms with E-state index in [-0.39, 0.29) is 31.9 Å². The molecule has 0 saturated carbocycles. The maximum Gasteiger partial charge on any atom is 0.324 e. The Labute approximate surface area is 174 Å². The quantitative estimate of drug-likeness (QED) is 0.415. The van der Waals surface area contributed by atoms with Crippen LogP contribution in [0.1, 0.15) is 9.67 Å². The third-order valence-corrected chi connectivity index (χ3v) is 6.24. The summed E-state index contributed by atoms with van der Waals surface area (Å²) < 4.78 is 45.7. The maximum absolute atomic E-state index is 13.1. The fourth-order valence-corrected chi connectivity index (χ4v) is 4.20. The summed E-state index contributed by atoms with van der Waals surface area (Å²) in [6, 6.07) is 11.0. The van der Waals surface area contributed by atoms with Gasteiger partial charge in [-0.25, -0.2) is 12.8 Å². The van der Waals surface area contributed by atoms with Crippen LogP contribution in [0.2, 0.25) is 0 Å². The normalized spacial score (nSPS) is 11.0. The Hall–Kier alpha value is -3.51. The zero-order valence-corrected chi connectivity index (χ0v) is 16.9. The lowest BCUT2D eigenvalue weighted by atomic mass is 10.2. The van der Waals surface area contributed by atoms with Gasteiger partial charge in [-0.1, -0.05) is 11.3 Å². The topological polar surface area (TPSA) is 128 Å². The molecule has 0 spiro atoms. The Bertz CT molecular complexity index is 1210. The van der Waals surface area contributed by atoms with Gasteiger partial charge < -0.3 is 10.1 Å². The van der Waals surface area contributed by atoms with Gasteiger partial charge in [-0.3, -0.25) is 19.6 Å². The first-order valence-electron chi connectivity index (χ1n) is 8.21. The second-order valence-electron chi connectivity index (χ2n) is 5.82. The van der Waals surface area contributed by atoms with E-state index in [1.807, 2.05) is 0 Å². The summed E-state index contributed by atoms with van der Waals surface area (Å²) in [6.07, 6.45) is 0. The van der Waals surface area contributed by atoms with Crippen LogP contribution >= 0.6 is 11.3 Å². The highest BCUT2D eigenvalue weighted by molar-refractivity contribution is 7.92. The van der Waals surface area contributed by atoms with Gasteiger partial charge in [0, 0.05) is 11.8 Å². The van der Waals surface area contributed by atoms with Gasteiger partial charge in [0.25, 0.3) is 15.9 Å². The Balaban J connectivity index is 1.85. The third kappa shape index (κ3) is 4.72.